The molecule has 0 aromatic heterocycles. The average molecular weight is 350 g/mol. The van der Waals surface area contributed by atoms with Crippen LogP contribution >= 0.6 is 46.4 Å². The van der Waals surface area contributed by atoms with Crippen LogP contribution in [0.5, 0.6) is 0 Å². The summed E-state index contributed by atoms with van der Waals surface area (Å²) in [6.07, 6.45) is -13.8. The molecule has 0 rings (SSSR count). The quantitative estimate of drug-likeness (QED) is 0.486. The highest BCUT2D eigenvalue weighted by Gasteiger charge is 2.71. The van der Waals surface area contributed by atoms with Crippen molar-refractivity contribution < 1.29 is 30.7 Å². The van der Waals surface area contributed by atoms with Crippen molar-refractivity contribution >= 4 is 46.4 Å². The molecule has 0 aliphatic rings. The molecule has 1 unspecified atom stereocenters. The fourth-order valence-corrected chi connectivity index (χ4v) is 1.37. The first-order valence-corrected chi connectivity index (χ1v) is 5.23. The number of rotatable bonds is 3. The van der Waals surface area contributed by atoms with Crippen molar-refractivity contribution in [3.63, 3.8) is 0 Å². The standard InChI is InChI=1S/C6H3Cl4F7/c7-2(4(9,10)11)1-3(8,5(12,13)14)6(15,16)17/h2H,1H2. The van der Waals surface area contributed by atoms with Crippen LogP contribution in [0.2, 0.25) is 0 Å². The predicted molar refractivity (Wildman–Crippen MR) is 50.5 cm³/mol. The van der Waals surface area contributed by atoms with Gasteiger partial charge in [0.05, 0.1) is 5.38 Å². The maximum Gasteiger partial charge on any atom is 0.416 e. The molecule has 0 amide bonds. The van der Waals surface area contributed by atoms with Gasteiger partial charge in [-0.05, 0) is 0 Å². The van der Waals surface area contributed by atoms with E-state index in [0.29, 0.717) is 0 Å². The summed E-state index contributed by atoms with van der Waals surface area (Å²) in [6.45, 7) is 0. The van der Waals surface area contributed by atoms with Crippen LogP contribution in [0.4, 0.5) is 30.7 Å². The molecule has 0 fully saturated rings. The molecule has 0 nitrogen and oxygen atoms in total. The normalized spacial score (nSPS) is 17.1. The van der Waals surface area contributed by atoms with Crippen LogP contribution in [0, 0.1) is 0 Å². The van der Waals surface area contributed by atoms with E-state index in [9.17, 15) is 30.7 Å². The van der Waals surface area contributed by atoms with Crippen molar-refractivity contribution in [1.82, 2.24) is 0 Å². The van der Waals surface area contributed by atoms with Gasteiger partial charge in [0, 0.05) is 6.42 Å². The van der Waals surface area contributed by atoms with Gasteiger partial charge in [-0.2, -0.15) is 26.3 Å². The Morgan fingerprint density at radius 3 is 1.24 bits per heavy atom. The summed E-state index contributed by atoms with van der Waals surface area (Å²) >= 11 is 18.7. The molecule has 0 bridgehead atoms. The van der Waals surface area contributed by atoms with Gasteiger partial charge in [-0.3, -0.25) is 0 Å². The lowest BCUT2D eigenvalue weighted by Crippen LogP contribution is -2.54. The lowest BCUT2D eigenvalue weighted by atomic mass is 10.0. The molecule has 0 heterocycles. The average Bonchev–Trinajstić information content (AvgIpc) is 1.97. The molecule has 0 aromatic carbocycles. The van der Waals surface area contributed by atoms with Crippen molar-refractivity contribution in [3.05, 3.63) is 0 Å². The minimum Gasteiger partial charge on any atom is -0.206 e. The van der Waals surface area contributed by atoms with Crippen LogP contribution in [0.15, 0.2) is 0 Å². The monoisotopic (exact) mass is 348 g/mol. The largest absolute Gasteiger partial charge is 0.416 e. The molecular formula is C6H3Cl4F7. The second-order valence-electron chi connectivity index (χ2n) is 3.01. The van der Waals surface area contributed by atoms with Gasteiger partial charge in [-0.15, -0.1) is 11.6 Å². The van der Waals surface area contributed by atoms with Crippen LogP contribution in [-0.2, 0) is 0 Å². The van der Waals surface area contributed by atoms with Crippen LogP contribution in [-0.4, -0.2) is 27.2 Å². The van der Waals surface area contributed by atoms with Gasteiger partial charge in [-0.25, -0.2) is 4.39 Å². The number of hydrogen-bond acceptors (Lipinski definition) is 0. The fourth-order valence-electron chi connectivity index (χ4n) is 0.755. The molecule has 11 heteroatoms. The first-order valence-electron chi connectivity index (χ1n) is 3.66. The first-order chi connectivity index (χ1) is 7.13. The van der Waals surface area contributed by atoms with Crippen molar-refractivity contribution in [2.75, 3.05) is 0 Å². The third-order valence-corrected chi connectivity index (χ3v) is 3.50. The number of alkyl halides is 11. The van der Waals surface area contributed by atoms with E-state index in [-0.39, 0.29) is 0 Å². The molecule has 0 radical (unpaired) electrons. The third kappa shape index (κ3) is 4.08. The van der Waals surface area contributed by atoms with E-state index >= 15 is 0 Å². The number of hydrogen-bond donors (Lipinski definition) is 0. The minimum atomic E-state index is -5.89. The van der Waals surface area contributed by atoms with Gasteiger partial charge in [0.1, 0.15) is 0 Å². The maximum absolute atomic E-state index is 12.7. The fraction of sp³-hybridized carbons (Fsp3) is 1.00. The zero-order valence-electron chi connectivity index (χ0n) is 7.44. The summed E-state index contributed by atoms with van der Waals surface area (Å²) in [6, 6.07) is 0. The van der Waals surface area contributed by atoms with Crippen LogP contribution in [0.25, 0.3) is 0 Å². The summed E-state index contributed by atoms with van der Waals surface area (Å²) in [5.41, 5.74) is 0. The zero-order chi connectivity index (χ0) is 14.3. The SMILES string of the molecule is FC(Cl)(Cl)C(Cl)CC(Cl)(C(F)(F)F)C(F)(F)F. The van der Waals surface area contributed by atoms with E-state index in [1.807, 2.05) is 0 Å². The maximum atomic E-state index is 12.7. The molecule has 0 aliphatic carbocycles. The molecule has 0 spiro atoms. The van der Waals surface area contributed by atoms with E-state index < -0.39 is 33.6 Å². The summed E-state index contributed by atoms with van der Waals surface area (Å²) in [5.74, 6) is 0. The van der Waals surface area contributed by atoms with E-state index in [1.165, 1.54) is 0 Å². The van der Waals surface area contributed by atoms with E-state index in [1.54, 1.807) is 0 Å². The number of halogens is 11. The highest BCUT2D eigenvalue weighted by molar-refractivity contribution is 6.51. The van der Waals surface area contributed by atoms with Crippen molar-refractivity contribution in [3.8, 4) is 0 Å². The summed E-state index contributed by atoms with van der Waals surface area (Å²) in [7, 11) is 0. The van der Waals surface area contributed by atoms with Gasteiger partial charge in [0.25, 0.3) is 4.59 Å². The molecule has 0 saturated carbocycles. The second-order valence-corrected chi connectivity index (χ2v) is 5.48. The van der Waals surface area contributed by atoms with Crippen molar-refractivity contribution in [2.45, 2.75) is 33.6 Å². The lowest BCUT2D eigenvalue weighted by Gasteiger charge is -2.34. The topological polar surface area (TPSA) is 0 Å². The summed E-state index contributed by atoms with van der Waals surface area (Å²) in [4.78, 5) is -4.71. The molecule has 1 atom stereocenters. The molecule has 0 saturated heterocycles. The van der Waals surface area contributed by atoms with Crippen LogP contribution in [0.1, 0.15) is 6.42 Å². The molecule has 0 aliphatic heterocycles. The Bertz CT molecular complexity index is 251. The van der Waals surface area contributed by atoms with E-state index in [0.717, 1.165) is 0 Å². The summed E-state index contributed by atoms with van der Waals surface area (Å²) < 4.78 is 82.6. The third-order valence-electron chi connectivity index (χ3n) is 1.71. The van der Waals surface area contributed by atoms with Crippen LogP contribution in [0.3, 0.4) is 0 Å². The lowest BCUT2D eigenvalue weighted by molar-refractivity contribution is -0.269. The first kappa shape index (κ1) is 17.7. The van der Waals surface area contributed by atoms with E-state index in [4.69, 9.17) is 11.6 Å². The van der Waals surface area contributed by atoms with Crippen molar-refractivity contribution in [1.29, 1.82) is 0 Å². The van der Waals surface area contributed by atoms with Crippen molar-refractivity contribution in [2.24, 2.45) is 0 Å². The Morgan fingerprint density at radius 1 is 0.765 bits per heavy atom. The Labute approximate surface area is 111 Å². The highest BCUT2D eigenvalue weighted by Crippen LogP contribution is 2.53. The van der Waals surface area contributed by atoms with Gasteiger partial charge < -0.3 is 0 Å². The zero-order valence-corrected chi connectivity index (χ0v) is 10.5. The van der Waals surface area contributed by atoms with Gasteiger partial charge in [0.15, 0.2) is 0 Å². The molecule has 0 aromatic rings. The Morgan fingerprint density at radius 2 is 1.06 bits per heavy atom. The molecule has 0 N–H and O–H groups in total. The minimum absolute atomic E-state index is 2.06. The predicted octanol–water partition coefficient (Wildman–Crippen LogP) is 5.19. The highest BCUT2D eigenvalue weighted by atomic mass is 35.5. The van der Waals surface area contributed by atoms with Gasteiger partial charge in [0.2, 0.25) is 4.87 Å². The Balaban J connectivity index is 5.27. The van der Waals surface area contributed by atoms with E-state index in [2.05, 4.69) is 34.8 Å². The Kier molecular flexibility index (Phi) is 5.18. The van der Waals surface area contributed by atoms with Gasteiger partial charge in [-0.1, -0.05) is 34.8 Å². The molecule has 17 heavy (non-hydrogen) atoms. The Hall–Kier alpha value is 0.670. The molecular weight excluding hydrogens is 347 g/mol. The van der Waals surface area contributed by atoms with Crippen LogP contribution < -0.4 is 0 Å². The second kappa shape index (κ2) is 4.98. The summed E-state index contributed by atoms with van der Waals surface area (Å²) in [5, 5.41) is -2.49. The van der Waals surface area contributed by atoms with Gasteiger partial charge >= 0.3 is 12.4 Å². The smallest absolute Gasteiger partial charge is 0.206 e. The molecule has 104 valence electrons.